The quantitative estimate of drug-likeness (QED) is 0.615. The van der Waals surface area contributed by atoms with Gasteiger partial charge in [0.25, 0.3) is 0 Å². The lowest BCUT2D eigenvalue weighted by Gasteiger charge is -2.40. The molecule has 4 heterocycles. The van der Waals surface area contributed by atoms with Crippen LogP contribution in [-0.4, -0.2) is 91.9 Å². The number of rotatable bonds is 5. The van der Waals surface area contributed by atoms with Gasteiger partial charge in [-0.1, -0.05) is 54.6 Å². The maximum atomic E-state index is 14.4. The van der Waals surface area contributed by atoms with Crippen molar-refractivity contribution < 1.29 is 19.5 Å². The largest absolute Gasteiger partial charge is 0.394 e. The van der Waals surface area contributed by atoms with Crippen molar-refractivity contribution in [2.24, 2.45) is 11.8 Å². The van der Waals surface area contributed by atoms with Gasteiger partial charge in [-0.2, -0.15) is 0 Å². The molecule has 192 valence electrons. The molecule has 7 nitrogen and oxygen atoms in total. The SMILES string of the molecule is CC(C)N1CC=C[C@]23S[C@]4(C)C=CCN(C)C(=O)[C@@H]4[C@H]2C(=O)N([C@@H](CO)Cc2ccccc2)C3C1=O. The number of likely N-dealkylation sites (tertiary alicyclic amines) is 1. The number of aliphatic hydroxyl groups excluding tert-OH is 1. The first kappa shape index (κ1) is 25.1. The van der Waals surface area contributed by atoms with E-state index in [2.05, 4.69) is 6.08 Å². The van der Waals surface area contributed by atoms with Crippen LogP contribution in [0.4, 0.5) is 0 Å². The molecule has 2 fully saturated rings. The minimum absolute atomic E-state index is 0.0462. The highest BCUT2D eigenvalue weighted by molar-refractivity contribution is 8.02. The number of benzene rings is 1. The van der Waals surface area contributed by atoms with Crippen molar-refractivity contribution in [1.82, 2.24) is 14.7 Å². The molecule has 4 aliphatic heterocycles. The molecular weight excluding hydrogens is 474 g/mol. The normalized spacial score (nSPS) is 34.6. The maximum absolute atomic E-state index is 14.4. The first-order chi connectivity index (χ1) is 17.1. The Morgan fingerprint density at radius 3 is 2.36 bits per heavy atom. The number of carbonyl (C=O) groups is 3. The fraction of sp³-hybridized carbons (Fsp3) is 0.536. The van der Waals surface area contributed by atoms with Gasteiger partial charge in [0.1, 0.15) is 6.04 Å². The second kappa shape index (κ2) is 9.06. The number of fused-ring (bicyclic) bond motifs is 2. The number of amides is 3. The van der Waals surface area contributed by atoms with Crippen molar-refractivity contribution in [1.29, 1.82) is 0 Å². The average Bonchev–Trinajstić information content (AvgIpc) is 3.12. The molecule has 2 saturated heterocycles. The standard InChI is InChI=1S/C28H35N3O4S/c1-18(2)30-15-9-13-28-22(21-24(33)29(4)14-8-12-27(21,3)36-28)25(34)31(23(28)26(30)35)20(17-32)16-19-10-6-5-7-11-19/h5-13,18,20-23,32H,14-17H2,1-4H3/t20-,21+,22+,23?,27-,28+/m1/s1. The Labute approximate surface area is 217 Å². The first-order valence-corrected chi connectivity index (χ1v) is 13.5. The maximum Gasteiger partial charge on any atom is 0.247 e. The Kier molecular flexibility index (Phi) is 6.32. The van der Waals surface area contributed by atoms with E-state index in [1.165, 1.54) is 0 Å². The average molecular weight is 510 g/mol. The molecule has 0 aromatic heterocycles. The Morgan fingerprint density at radius 1 is 1.00 bits per heavy atom. The fourth-order valence-corrected chi connectivity index (χ4v) is 8.74. The summed E-state index contributed by atoms with van der Waals surface area (Å²) >= 11 is 1.58. The zero-order valence-corrected chi connectivity index (χ0v) is 22.1. The number of hydrogen-bond acceptors (Lipinski definition) is 5. The zero-order valence-electron chi connectivity index (χ0n) is 21.3. The summed E-state index contributed by atoms with van der Waals surface area (Å²) in [5, 5.41) is 10.5. The smallest absolute Gasteiger partial charge is 0.247 e. The lowest BCUT2D eigenvalue weighted by molar-refractivity contribution is -0.147. The summed E-state index contributed by atoms with van der Waals surface area (Å²) in [5.41, 5.74) is 0.985. The summed E-state index contributed by atoms with van der Waals surface area (Å²) in [6.45, 7) is 6.66. The zero-order chi connectivity index (χ0) is 25.8. The van der Waals surface area contributed by atoms with E-state index in [4.69, 9.17) is 0 Å². The summed E-state index contributed by atoms with van der Waals surface area (Å²) < 4.78 is -1.50. The molecule has 0 saturated carbocycles. The van der Waals surface area contributed by atoms with E-state index in [9.17, 15) is 19.5 Å². The Hall–Kier alpha value is -2.58. The van der Waals surface area contributed by atoms with Crippen LogP contribution in [0.5, 0.6) is 0 Å². The third-order valence-corrected chi connectivity index (χ3v) is 10.1. The Balaban J connectivity index is 1.66. The van der Waals surface area contributed by atoms with Crippen LogP contribution in [0.25, 0.3) is 0 Å². The Bertz CT molecular complexity index is 1120. The molecule has 0 aliphatic carbocycles. The van der Waals surface area contributed by atoms with E-state index in [1.54, 1.807) is 33.5 Å². The van der Waals surface area contributed by atoms with E-state index in [0.29, 0.717) is 19.5 Å². The molecule has 8 heteroatoms. The topological polar surface area (TPSA) is 81.2 Å². The predicted molar refractivity (Wildman–Crippen MR) is 140 cm³/mol. The highest BCUT2D eigenvalue weighted by Gasteiger charge is 2.74. The van der Waals surface area contributed by atoms with Crippen molar-refractivity contribution in [3.05, 3.63) is 60.2 Å². The Morgan fingerprint density at radius 2 is 1.69 bits per heavy atom. The number of thioether (sulfide) groups is 1. The molecule has 36 heavy (non-hydrogen) atoms. The van der Waals surface area contributed by atoms with Gasteiger partial charge in [0.15, 0.2) is 0 Å². The highest BCUT2D eigenvalue weighted by atomic mass is 32.2. The van der Waals surface area contributed by atoms with Crippen molar-refractivity contribution in [2.75, 3.05) is 26.7 Å². The molecule has 4 aliphatic rings. The number of nitrogens with zero attached hydrogens (tertiary/aromatic N) is 3. The van der Waals surface area contributed by atoms with Crippen molar-refractivity contribution in [3.8, 4) is 0 Å². The lowest BCUT2D eigenvalue weighted by atomic mass is 9.74. The second-order valence-corrected chi connectivity index (χ2v) is 12.7. The third kappa shape index (κ3) is 3.64. The molecule has 6 atom stereocenters. The van der Waals surface area contributed by atoms with Crippen LogP contribution in [0.1, 0.15) is 26.3 Å². The number of carbonyl (C=O) groups excluding carboxylic acids is 3. The number of likely N-dealkylation sites (N-methyl/N-ethyl adjacent to an activating group) is 1. The van der Waals surface area contributed by atoms with E-state index >= 15 is 0 Å². The van der Waals surface area contributed by atoms with Gasteiger partial charge in [0, 0.05) is 30.9 Å². The van der Waals surface area contributed by atoms with Crippen LogP contribution >= 0.6 is 11.8 Å². The number of hydrogen-bond donors (Lipinski definition) is 1. The van der Waals surface area contributed by atoms with Gasteiger partial charge in [0.2, 0.25) is 17.7 Å². The van der Waals surface area contributed by atoms with Gasteiger partial charge in [-0.25, -0.2) is 0 Å². The summed E-state index contributed by atoms with van der Waals surface area (Å²) in [6.07, 6.45) is 8.51. The molecule has 1 spiro atoms. The predicted octanol–water partition coefficient (Wildman–Crippen LogP) is 2.11. The molecule has 1 N–H and O–H groups in total. The molecule has 0 radical (unpaired) electrons. The summed E-state index contributed by atoms with van der Waals surface area (Å²) in [6, 6.07) is 8.31. The summed E-state index contributed by atoms with van der Waals surface area (Å²) in [4.78, 5) is 47.5. The molecule has 3 amide bonds. The minimum Gasteiger partial charge on any atom is -0.394 e. The van der Waals surface area contributed by atoms with Crippen LogP contribution in [0.2, 0.25) is 0 Å². The molecule has 1 aromatic rings. The molecule has 0 bridgehead atoms. The van der Waals surface area contributed by atoms with Crippen molar-refractivity contribution in [2.45, 2.75) is 54.8 Å². The van der Waals surface area contributed by atoms with Crippen LogP contribution in [0.15, 0.2) is 54.6 Å². The van der Waals surface area contributed by atoms with Crippen LogP contribution in [-0.2, 0) is 20.8 Å². The monoisotopic (exact) mass is 509 g/mol. The van der Waals surface area contributed by atoms with E-state index in [-0.39, 0.29) is 30.4 Å². The van der Waals surface area contributed by atoms with Gasteiger partial charge >= 0.3 is 0 Å². The van der Waals surface area contributed by atoms with Crippen molar-refractivity contribution in [3.63, 3.8) is 0 Å². The summed E-state index contributed by atoms with van der Waals surface area (Å²) in [7, 11) is 1.77. The minimum atomic E-state index is -0.889. The lowest BCUT2D eigenvalue weighted by Crippen LogP contribution is -2.58. The van der Waals surface area contributed by atoms with Gasteiger partial charge in [0.05, 0.1) is 29.2 Å². The van der Waals surface area contributed by atoms with E-state index in [1.807, 2.05) is 69.3 Å². The van der Waals surface area contributed by atoms with E-state index in [0.717, 1.165) is 5.56 Å². The fourth-order valence-electron chi connectivity index (χ4n) is 6.60. The highest BCUT2D eigenvalue weighted by Crippen LogP contribution is 2.65. The molecule has 5 rings (SSSR count). The van der Waals surface area contributed by atoms with Crippen LogP contribution < -0.4 is 0 Å². The van der Waals surface area contributed by atoms with Gasteiger partial charge in [-0.15, -0.1) is 11.8 Å². The third-order valence-electron chi connectivity index (χ3n) is 8.27. The van der Waals surface area contributed by atoms with E-state index < -0.39 is 33.4 Å². The molecule has 1 unspecified atom stereocenters. The summed E-state index contributed by atoms with van der Waals surface area (Å²) in [5.74, 6) is -1.68. The van der Waals surface area contributed by atoms with Gasteiger partial charge in [-0.3, -0.25) is 14.4 Å². The first-order valence-electron chi connectivity index (χ1n) is 12.7. The number of aliphatic hydroxyl groups is 1. The van der Waals surface area contributed by atoms with Gasteiger partial charge < -0.3 is 19.8 Å². The molecular formula is C28H35N3O4S. The second-order valence-electron chi connectivity index (χ2n) is 10.9. The molecule has 1 aromatic carbocycles. The van der Waals surface area contributed by atoms with Crippen molar-refractivity contribution >= 4 is 29.5 Å². The van der Waals surface area contributed by atoms with Crippen LogP contribution in [0.3, 0.4) is 0 Å². The van der Waals surface area contributed by atoms with Gasteiger partial charge in [-0.05, 0) is 32.8 Å². The van der Waals surface area contributed by atoms with Crippen LogP contribution in [0, 0.1) is 11.8 Å².